The van der Waals surface area contributed by atoms with Gasteiger partial charge in [0.25, 0.3) is 10.0 Å². The molecule has 0 aliphatic carbocycles. The summed E-state index contributed by atoms with van der Waals surface area (Å²) in [6.07, 6.45) is 3.16. The number of anilines is 1. The Hall–Kier alpha value is -2.31. The normalized spacial score (nSPS) is 11.6. The summed E-state index contributed by atoms with van der Waals surface area (Å²) in [6, 6.07) is 14.6. The van der Waals surface area contributed by atoms with Gasteiger partial charge in [0, 0.05) is 5.02 Å². The predicted molar refractivity (Wildman–Crippen MR) is 118 cm³/mol. The van der Waals surface area contributed by atoms with Crippen molar-refractivity contribution in [3.63, 3.8) is 0 Å². The molecular weight excluding hydrogens is 406 g/mol. The molecule has 0 fully saturated rings. The highest BCUT2D eigenvalue weighted by atomic mass is 35.5. The van der Waals surface area contributed by atoms with E-state index in [1.165, 1.54) is 0 Å². The Morgan fingerprint density at radius 2 is 1.76 bits per heavy atom. The minimum Gasteiger partial charge on any atom is -0.276 e. The highest BCUT2D eigenvalue weighted by Gasteiger charge is 2.20. The fourth-order valence-electron chi connectivity index (χ4n) is 3.20. The van der Waals surface area contributed by atoms with Gasteiger partial charge in [-0.25, -0.2) is 8.42 Å². The van der Waals surface area contributed by atoms with E-state index in [0.717, 1.165) is 36.1 Å². The van der Waals surface area contributed by atoms with Crippen molar-refractivity contribution >= 4 is 27.3 Å². The van der Waals surface area contributed by atoms with Crippen LogP contribution in [0.1, 0.15) is 42.3 Å². The summed E-state index contributed by atoms with van der Waals surface area (Å²) < 4.78 is 30.2. The summed E-state index contributed by atoms with van der Waals surface area (Å²) in [5.74, 6) is 0. The molecule has 2 aromatic carbocycles. The lowest BCUT2D eigenvalue weighted by molar-refractivity contribution is 0.601. The van der Waals surface area contributed by atoms with Crippen LogP contribution in [-0.2, 0) is 23.0 Å². The van der Waals surface area contributed by atoms with E-state index in [-0.39, 0.29) is 4.90 Å². The minimum atomic E-state index is -3.69. The van der Waals surface area contributed by atoms with Gasteiger partial charge in [0.1, 0.15) is 0 Å². The summed E-state index contributed by atoms with van der Waals surface area (Å²) in [4.78, 5) is 0.246. The zero-order valence-electron chi connectivity index (χ0n) is 16.9. The lowest BCUT2D eigenvalue weighted by Crippen LogP contribution is -2.14. The fraction of sp³-hybridized carbons (Fsp3) is 0.318. The molecule has 3 aromatic rings. The molecule has 0 bridgehead atoms. The maximum Gasteiger partial charge on any atom is 0.262 e. The molecule has 0 unspecified atom stereocenters. The van der Waals surface area contributed by atoms with E-state index in [2.05, 4.69) is 16.7 Å². The molecule has 0 atom stereocenters. The van der Waals surface area contributed by atoms with Gasteiger partial charge in [-0.2, -0.15) is 5.10 Å². The Labute approximate surface area is 177 Å². The van der Waals surface area contributed by atoms with E-state index in [0.29, 0.717) is 22.9 Å². The number of hydrogen-bond donors (Lipinski definition) is 1. The molecule has 7 heteroatoms. The molecule has 0 amide bonds. The van der Waals surface area contributed by atoms with Gasteiger partial charge in [-0.05, 0) is 56.0 Å². The van der Waals surface area contributed by atoms with Crippen LogP contribution in [0.3, 0.4) is 0 Å². The van der Waals surface area contributed by atoms with E-state index in [4.69, 9.17) is 11.6 Å². The van der Waals surface area contributed by atoms with E-state index < -0.39 is 10.0 Å². The van der Waals surface area contributed by atoms with E-state index in [9.17, 15) is 8.42 Å². The lowest BCUT2D eigenvalue weighted by atomic mass is 10.1. The first-order valence-corrected chi connectivity index (χ1v) is 11.6. The smallest absolute Gasteiger partial charge is 0.262 e. The number of benzene rings is 2. The zero-order chi connectivity index (χ0) is 21.0. The third-order valence-corrected chi connectivity index (χ3v) is 6.68. The van der Waals surface area contributed by atoms with Crippen LogP contribution in [0.15, 0.2) is 53.4 Å². The summed E-state index contributed by atoms with van der Waals surface area (Å²) in [7, 11) is -3.69. The number of sulfonamides is 1. The molecule has 154 valence electrons. The molecule has 0 saturated carbocycles. The standard InChI is InChI=1S/C22H26ClN3O2S/c1-4-5-8-18-11-13-20(14-12-18)29(27,28)25-22-16(2)24-26(17(22)3)15-19-9-6-7-10-21(19)23/h6-7,9-14,25H,4-5,8,15H2,1-3H3. The Morgan fingerprint density at radius 1 is 1.07 bits per heavy atom. The predicted octanol–water partition coefficient (Wildman–Crippen LogP) is 5.35. The third-order valence-electron chi connectivity index (χ3n) is 4.95. The van der Waals surface area contributed by atoms with Gasteiger partial charge in [-0.3, -0.25) is 9.40 Å². The van der Waals surface area contributed by atoms with Crippen molar-refractivity contribution in [2.45, 2.75) is 51.5 Å². The summed E-state index contributed by atoms with van der Waals surface area (Å²) in [6.45, 7) is 6.25. The number of nitrogens with zero attached hydrogens (tertiary/aromatic N) is 2. The number of nitrogens with one attached hydrogen (secondary N) is 1. The number of halogens is 1. The Kier molecular flexibility index (Phi) is 6.65. The maximum atomic E-state index is 12.9. The SMILES string of the molecule is CCCCc1ccc(S(=O)(=O)Nc2c(C)nn(Cc3ccccc3Cl)c2C)cc1. The summed E-state index contributed by atoms with van der Waals surface area (Å²) >= 11 is 6.25. The van der Waals surface area contributed by atoms with Crippen molar-refractivity contribution in [3.8, 4) is 0 Å². The molecule has 3 rings (SSSR count). The van der Waals surface area contributed by atoms with E-state index in [1.807, 2.05) is 43.3 Å². The second-order valence-electron chi connectivity index (χ2n) is 7.15. The van der Waals surface area contributed by atoms with Gasteiger partial charge in [0.05, 0.1) is 28.5 Å². The largest absolute Gasteiger partial charge is 0.276 e. The van der Waals surface area contributed by atoms with Crippen LogP contribution in [-0.4, -0.2) is 18.2 Å². The third kappa shape index (κ3) is 5.00. The van der Waals surface area contributed by atoms with Gasteiger partial charge in [-0.15, -0.1) is 0 Å². The van der Waals surface area contributed by atoms with Crippen LogP contribution in [0.4, 0.5) is 5.69 Å². The molecule has 0 radical (unpaired) electrons. The van der Waals surface area contributed by atoms with Gasteiger partial charge in [0.15, 0.2) is 0 Å². The molecule has 1 N–H and O–H groups in total. The zero-order valence-corrected chi connectivity index (χ0v) is 18.5. The Bertz CT molecular complexity index is 1090. The Morgan fingerprint density at radius 3 is 2.41 bits per heavy atom. The molecule has 0 aliphatic heterocycles. The molecule has 0 saturated heterocycles. The summed E-state index contributed by atoms with van der Waals surface area (Å²) in [5, 5.41) is 5.16. The van der Waals surface area contributed by atoms with Crippen molar-refractivity contribution in [2.75, 3.05) is 4.72 Å². The van der Waals surface area contributed by atoms with Crippen LogP contribution < -0.4 is 4.72 Å². The first kappa shape index (κ1) is 21.4. The van der Waals surface area contributed by atoms with Crippen molar-refractivity contribution in [1.29, 1.82) is 0 Å². The first-order chi connectivity index (χ1) is 13.8. The monoisotopic (exact) mass is 431 g/mol. The van der Waals surface area contributed by atoms with E-state index >= 15 is 0 Å². The fourth-order valence-corrected chi connectivity index (χ4v) is 4.57. The average Bonchev–Trinajstić information content (AvgIpc) is 2.95. The van der Waals surface area contributed by atoms with Crippen molar-refractivity contribution < 1.29 is 8.42 Å². The molecule has 0 aliphatic rings. The number of rotatable bonds is 8. The van der Waals surface area contributed by atoms with Crippen LogP contribution >= 0.6 is 11.6 Å². The van der Waals surface area contributed by atoms with Crippen molar-refractivity contribution in [3.05, 3.63) is 76.1 Å². The molecule has 29 heavy (non-hydrogen) atoms. The number of unbranched alkanes of at least 4 members (excludes halogenated alkanes) is 1. The molecule has 0 spiro atoms. The van der Waals surface area contributed by atoms with E-state index in [1.54, 1.807) is 23.7 Å². The van der Waals surface area contributed by atoms with Crippen LogP contribution in [0.25, 0.3) is 0 Å². The van der Waals surface area contributed by atoms with Gasteiger partial charge in [0.2, 0.25) is 0 Å². The van der Waals surface area contributed by atoms with Crippen LogP contribution in [0.5, 0.6) is 0 Å². The number of hydrogen-bond acceptors (Lipinski definition) is 3. The maximum absolute atomic E-state index is 12.9. The summed E-state index contributed by atoms with van der Waals surface area (Å²) in [5.41, 5.74) is 3.94. The average molecular weight is 432 g/mol. The van der Waals surface area contributed by atoms with Crippen molar-refractivity contribution in [1.82, 2.24) is 9.78 Å². The molecular formula is C22H26ClN3O2S. The number of aromatic nitrogens is 2. The second-order valence-corrected chi connectivity index (χ2v) is 9.24. The second kappa shape index (κ2) is 9.01. The molecule has 5 nitrogen and oxygen atoms in total. The topological polar surface area (TPSA) is 64.0 Å². The highest BCUT2D eigenvalue weighted by molar-refractivity contribution is 7.92. The Balaban J connectivity index is 1.82. The van der Waals surface area contributed by atoms with Gasteiger partial charge < -0.3 is 0 Å². The van der Waals surface area contributed by atoms with Gasteiger partial charge >= 0.3 is 0 Å². The molecule has 1 aromatic heterocycles. The number of aryl methyl sites for hydroxylation is 2. The minimum absolute atomic E-state index is 0.246. The first-order valence-electron chi connectivity index (χ1n) is 9.71. The van der Waals surface area contributed by atoms with Gasteiger partial charge in [-0.1, -0.05) is 55.3 Å². The van der Waals surface area contributed by atoms with Crippen LogP contribution in [0, 0.1) is 13.8 Å². The van der Waals surface area contributed by atoms with Crippen molar-refractivity contribution in [2.24, 2.45) is 0 Å². The quantitative estimate of drug-likeness (QED) is 0.523. The molecule has 1 heterocycles. The highest BCUT2D eigenvalue weighted by Crippen LogP contribution is 2.25. The lowest BCUT2D eigenvalue weighted by Gasteiger charge is -2.10. The van der Waals surface area contributed by atoms with Crippen LogP contribution in [0.2, 0.25) is 5.02 Å².